The van der Waals surface area contributed by atoms with Gasteiger partial charge in [-0.2, -0.15) is 13.2 Å². The molecule has 1 aromatic carbocycles. The van der Waals surface area contributed by atoms with Crippen LogP contribution in [0.3, 0.4) is 0 Å². The minimum atomic E-state index is -4.38. The number of alkyl halides is 3. The minimum Gasteiger partial charge on any atom is -0.354 e. The standard InChI is InChI=1S/C18H21F3N4O.2ClH/c19-18(20,21)15(25-9-7-22-8-10-25)12-24-16(26)11-14-4-1-3-13-5-2-6-23-17(13)14;;/h1-6,15,22H,7-12H2,(H,24,26);2*1H. The number of para-hydroxylation sites is 1. The molecule has 156 valence electrons. The smallest absolute Gasteiger partial charge is 0.354 e. The second kappa shape index (κ2) is 10.8. The fourth-order valence-corrected chi connectivity index (χ4v) is 3.20. The quantitative estimate of drug-likeness (QED) is 0.752. The van der Waals surface area contributed by atoms with E-state index in [4.69, 9.17) is 0 Å². The number of pyridine rings is 1. The summed E-state index contributed by atoms with van der Waals surface area (Å²) in [5.41, 5.74) is 1.39. The van der Waals surface area contributed by atoms with Crippen LogP contribution < -0.4 is 10.6 Å². The molecule has 1 unspecified atom stereocenters. The fourth-order valence-electron chi connectivity index (χ4n) is 3.20. The zero-order valence-electron chi connectivity index (χ0n) is 15.0. The zero-order valence-corrected chi connectivity index (χ0v) is 16.7. The predicted octanol–water partition coefficient (Wildman–Crippen LogP) is 2.57. The summed E-state index contributed by atoms with van der Waals surface area (Å²) in [7, 11) is 0. The Hall–Kier alpha value is -1.61. The van der Waals surface area contributed by atoms with E-state index >= 15 is 0 Å². The van der Waals surface area contributed by atoms with Crippen molar-refractivity contribution < 1.29 is 18.0 Å². The number of nitrogens with zero attached hydrogens (tertiary/aromatic N) is 2. The molecule has 0 aliphatic carbocycles. The zero-order chi connectivity index (χ0) is 18.6. The van der Waals surface area contributed by atoms with Crippen LogP contribution in [0.2, 0.25) is 0 Å². The number of aromatic nitrogens is 1. The summed E-state index contributed by atoms with van der Waals surface area (Å²) in [6, 6.07) is 7.48. The number of hydrogen-bond acceptors (Lipinski definition) is 4. The van der Waals surface area contributed by atoms with Crippen LogP contribution in [0.15, 0.2) is 36.5 Å². The summed E-state index contributed by atoms with van der Waals surface area (Å²) in [5.74, 6) is -0.437. The van der Waals surface area contributed by atoms with Crippen LogP contribution >= 0.6 is 24.8 Å². The van der Waals surface area contributed by atoms with Gasteiger partial charge in [0.05, 0.1) is 11.9 Å². The number of rotatable bonds is 5. The van der Waals surface area contributed by atoms with Crippen molar-refractivity contribution in [3.05, 3.63) is 42.1 Å². The topological polar surface area (TPSA) is 57.3 Å². The number of hydrogen-bond donors (Lipinski definition) is 2. The van der Waals surface area contributed by atoms with Gasteiger partial charge in [-0.1, -0.05) is 24.3 Å². The molecule has 1 aromatic heterocycles. The maximum absolute atomic E-state index is 13.4. The number of amides is 1. The first kappa shape index (κ1) is 24.4. The first-order valence-electron chi connectivity index (χ1n) is 8.56. The number of fused-ring (bicyclic) bond motifs is 1. The van der Waals surface area contributed by atoms with Crippen molar-refractivity contribution in [1.29, 1.82) is 0 Å². The minimum absolute atomic E-state index is 0. The van der Waals surface area contributed by atoms with E-state index in [-0.39, 0.29) is 31.2 Å². The van der Waals surface area contributed by atoms with Crippen LogP contribution in [-0.2, 0) is 11.2 Å². The molecule has 2 aromatic rings. The van der Waals surface area contributed by atoms with Crippen molar-refractivity contribution in [1.82, 2.24) is 20.5 Å². The van der Waals surface area contributed by atoms with Gasteiger partial charge in [0.25, 0.3) is 0 Å². The monoisotopic (exact) mass is 438 g/mol. The molecular formula is C18H23Cl2F3N4O. The highest BCUT2D eigenvalue weighted by Crippen LogP contribution is 2.25. The molecule has 2 N–H and O–H groups in total. The van der Waals surface area contributed by atoms with Gasteiger partial charge in [-0.25, -0.2) is 0 Å². The number of halogens is 5. The van der Waals surface area contributed by atoms with Gasteiger partial charge in [0.15, 0.2) is 0 Å². The maximum Gasteiger partial charge on any atom is 0.405 e. The first-order valence-corrected chi connectivity index (χ1v) is 8.56. The van der Waals surface area contributed by atoms with E-state index in [2.05, 4.69) is 15.6 Å². The number of carbonyl (C=O) groups excluding carboxylic acids is 1. The Bertz CT molecular complexity index is 765. The molecule has 1 saturated heterocycles. The average molecular weight is 439 g/mol. The Kier molecular flexibility index (Phi) is 9.43. The lowest BCUT2D eigenvalue weighted by Crippen LogP contribution is -2.57. The van der Waals surface area contributed by atoms with E-state index in [1.54, 1.807) is 18.3 Å². The Morgan fingerprint density at radius 3 is 2.54 bits per heavy atom. The molecule has 1 aliphatic rings. The van der Waals surface area contributed by atoms with Gasteiger partial charge < -0.3 is 10.6 Å². The Labute approximate surface area is 173 Å². The summed E-state index contributed by atoms with van der Waals surface area (Å²) in [6.45, 7) is 1.21. The third kappa shape index (κ3) is 6.20. The van der Waals surface area contributed by atoms with E-state index in [0.29, 0.717) is 37.3 Å². The predicted molar refractivity (Wildman–Crippen MR) is 107 cm³/mol. The lowest BCUT2D eigenvalue weighted by atomic mass is 10.1. The lowest BCUT2D eigenvalue weighted by molar-refractivity contribution is -0.184. The Balaban J connectivity index is 0.00000196. The normalized spacial score (nSPS) is 16.0. The third-order valence-electron chi connectivity index (χ3n) is 4.53. The molecule has 3 rings (SSSR count). The van der Waals surface area contributed by atoms with Crippen LogP contribution in [0.4, 0.5) is 13.2 Å². The molecule has 10 heteroatoms. The van der Waals surface area contributed by atoms with Crippen molar-refractivity contribution in [2.75, 3.05) is 32.7 Å². The van der Waals surface area contributed by atoms with Crippen LogP contribution in [-0.4, -0.2) is 60.7 Å². The molecule has 0 bridgehead atoms. The van der Waals surface area contributed by atoms with Crippen molar-refractivity contribution in [3.8, 4) is 0 Å². The van der Waals surface area contributed by atoms with E-state index in [0.717, 1.165) is 5.39 Å². The largest absolute Gasteiger partial charge is 0.405 e. The first-order chi connectivity index (χ1) is 12.4. The molecule has 5 nitrogen and oxygen atoms in total. The van der Waals surface area contributed by atoms with E-state index in [1.807, 2.05) is 18.2 Å². The SMILES string of the molecule is Cl.Cl.O=C(Cc1cccc2cccnc12)NCC(N1CCNCC1)C(F)(F)F. The van der Waals surface area contributed by atoms with Gasteiger partial charge >= 0.3 is 6.18 Å². The third-order valence-corrected chi connectivity index (χ3v) is 4.53. The highest BCUT2D eigenvalue weighted by atomic mass is 35.5. The van der Waals surface area contributed by atoms with Crippen molar-refractivity contribution in [2.24, 2.45) is 0 Å². The van der Waals surface area contributed by atoms with Gasteiger partial charge in [0.2, 0.25) is 5.91 Å². The molecule has 2 heterocycles. The lowest BCUT2D eigenvalue weighted by Gasteiger charge is -2.35. The molecule has 1 fully saturated rings. The number of nitrogens with one attached hydrogen (secondary N) is 2. The van der Waals surface area contributed by atoms with Crippen molar-refractivity contribution >= 4 is 41.6 Å². The summed E-state index contributed by atoms with van der Waals surface area (Å²) in [4.78, 5) is 17.9. The van der Waals surface area contributed by atoms with Gasteiger partial charge in [0, 0.05) is 44.3 Å². The summed E-state index contributed by atoms with van der Waals surface area (Å²) in [5, 5.41) is 6.38. The number of piperazine rings is 1. The highest BCUT2D eigenvalue weighted by molar-refractivity contribution is 5.87. The number of carbonyl (C=O) groups is 1. The van der Waals surface area contributed by atoms with E-state index in [9.17, 15) is 18.0 Å². The molecule has 1 aliphatic heterocycles. The van der Waals surface area contributed by atoms with E-state index < -0.39 is 24.7 Å². The maximum atomic E-state index is 13.4. The van der Waals surface area contributed by atoms with Crippen molar-refractivity contribution in [3.63, 3.8) is 0 Å². The molecule has 1 atom stereocenters. The average Bonchev–Trinajstić information content (AvgIpc) is 2.62. The molecule has 28 heavy (non-hydrogen) atoms. The van der Waals surface area contributed by atoms with E-state index in [1.165, 1.54) is 4.90 Å². The van der Waals surface area contributed by atoms with Crippen LogP contribution in [0, 0.1) is 0 Å². The Morgan fingerprint density at radius 2 is 1.86 bits per heavy atom. The fraction of sp³-hybridized carbons (Fsp3) is 0.444. The van der Waals surface area contributed by atoms with Crippen LogP contribution in [0.25, 0.3) is 10.9 Å². The molecule has 0 saturated carbocycles. The number of benzene rings is 1. The summed E-state index contributed by atoms with van der Waals surface area (Å²) >= 11 is 0. The van der Waals surface area contributed by atoms with Gasteiger partial charge in [-0.15, -0.1) is 24.8 Å². The van der Waals surface area contributed by atoms with Gasteiger partial charge in [-0.3, -0.25) is 14.7 Å². The Morgan fingerprint density at radius 1 is 1.18 bits per heavy atom. The summed E-state index contributed by atoms with van der Waals surface area (Å²) < 4.78 is 40.1. The highest BCUT2D eigenvalue weighted by Gasteiger charge is 2.43. The van der Waals surface area contributed by atoms with Gasteiger partial charge in [0.1, 0.15) is 6.04 Å². The molecule has 0 radical (unpaired) electrons. The summed E-state index contributed by atoms with van der Waals surface area (Å²) in [6.07, 6.45) is -2.75. The van der Waals surface area contributed by atoms with Crippen LogP contribution in [0.1, 0.15) is 5.56 Å². The molecule has 1 amide bonds. The molecule has 0 spiro atoms. The second-order valence-corrected chi connectivity index (χ2v) is 6.32. The second-order valence-electron chi connectivity index (χ2n) is 6.32. The van der Waals surface area contributed by atoms with Crippen LogP contribution in [0.5, 0.6) is 0 Å². The van der Waals surface area contributed by atoms with Crippen molar-refractivity contribution in [2.45, 2.75) is 18.6 Å². The molecular weight excluding hydrogens is 416 g/mol. The van der Waals surface area contributed by atoms with Gasteiger partial charge in [-0.05, 0) is 11.6 Å².